The van der Waals surface area contributed by atoms with Crippen molar-refractivity contribution >= 4 is 27.3 Å². The van der Waals surface area contributed by atoms with E-state index in [0.29, 0.717) is 5.56 Å². The number of carbonyl (C=O) groups is 1. The van der Waals surface area contributed by atoms with Crippen molar-refractivity contribution in [3.8, 4) is 0 Å². The zero-order valence-corrected chi connectivity index (χ0v) is 12.4. The minimum Gasteiger partial charge on any atom is -0.349 e. The van der Waals surface area contributed by atoms with Crippen molar-refractivity contribution in [2.45, 2.75) is 42.9 Å². The standard InChI is InChI=1S/C12H18N2O3S2/c1-2-10(5-8-3-4-8)14-12(15)9-6-11(18-7-9)19(13,16)17/h6-8,10H,2-5H2,1H3,(H,14,15)(H2,13,16,17). The van der Waals surface area contributed by atoms with Gasteiger partial charge in [-0.3, -0.25) is 4.79 Å². The van der Waals surface area contributed by atoms with Gasteiger partial charge in [-0.25, -0.2) is 13.6 Å². The van der Waals surface area contributed by atoms with Crippen LogP contribution in [0.25, 0.3) is 0 Å². The number of thiophene rings is 1. The highest BCUT2D eigenvalue weighted by molar-refractivity contribution is 7.91. The number of nitrogens with one attached hydrogen (secondary N) is 1. The van der Waals surface area contributed by atoms with Crippen LogP contribution in [0.5, 0.6) is 0 Å². The van der Waals surface area contributed by atoms with Crippen LogP contribution in [0.15, 0.2) is 15.7 Å². The lowest BCUT2D eigenvalue weighted by Crippen LogP contribution is -2.34. The first-order valence-corrected chi connectivity index (χ1v) is 8.75. The maximum absolute atomic E-state index is 12.0. The number of rotatable bonds is 6. The lowest BCUT2D eigenvalue weighted by Gasteiger charge is -2.15. The van der Waals surface area contributed by atoms with Gasteiger partial charge in [-0.05, 0) is 24.8 Å². The molecule has 1 aromatic rings. The molecular weight excluding hydrogens is 284 g/mol. The van der Waals surface area contributed by atoms with E-state index in [0.717, 1.165) is 30.1 Å². The van der Waals surface area contributed by atoms with Crippen LogP contribution in [0.1, 0.15) is 43.0 Å². The van der Waals surface area contributed by atoms with Crippen LogP contribution >= 0.6 is 11.3 Å². The maximum Gasteiger partial charge on any atom is 0.252 e. The van der Waals surface area contributed by atoms with Gasteiger partial charge >= 0.3 is 0 Å². The minimum absolute atomic E-state index is 0.0212. The Bertz CT molecular complexity index is 561. The van der Waals surface area contributed by atoms with Gasteiger partial charge in [-0.1, -0.05) is 19.8 Å². The summed E-state index contributed by atoms with van der Waals surface area (Å²) in [5.41, 5.74) is 0.364. The van der Waals surface area contributed by atoms with Gasteiger partial charge in [0.25, 0.3) is 5.91 Å². The molecule has 1 aromatic heterocycles. The average molecular weight is 302 g/mol. The minimum atomic E-state index is -3.72. The third kappa shape index (κ3) is 4.02. The van der Waals surface area contributed by atoms with E-state index < -0.39 is 10.0 Å². The molecule has 3 N–H and O–H groups in total. The number of nitrogens with two attached hydrogens (primary N) is 1. The normalized spacial score (nSPS) is 17.2. The number of amides is 1. The van der Waals surface area contributed by atoms with Crippen LogP contribution in [0.2, 0.25) is 0 Å². The van der Waals surface area contributed by atoms with Gasteiger partial charge in [0.15, 0.2) is 0 Å². The summed E-state index contributed by atoms with van der Waals surface area (Å²) in [5.74, 6) is 0.520. The fraction of sp³-hybridized carbons (Fsp3) is 0.583. The number of carbonyl (C=O) groups excluding carboxylic acids is 1. The lowest BCUT2D eigenvalue weighted by molar-refractivity contribution is 0.0933. The smallest absolute Gasteiger partial charge is 0.252 e. The van der Waals surface area contributed by atoms with Crippen LogP contribution in [-0.2, 0) is 10.0 Å². The SMILES string of the molecule is CCC(CC1CC1)NC(=O)c1csc(S(N)(=O)=O)c1. The quantitative estimate of drug-likeness (QED) is 0.838. The number of primary sulfonamides is 1. The van der Waals surface area contributed by atoms with E-state index in [1.807, 2.05) is 6.92 Å². The summed E-state index contributed by atoms with van der Waals surface area (Å²) in [6, 6.07) is 1.50. The Kier molecular flexibility index (Phi) is 4.27. The van der Waals surface area contributed by atoms with Crippen molar-refractivity contribution in [3.63, 3.8) is 0 Å². The first-order chi connectivity index (χ1) is 8.90. The third-order valence-electron chi connectivity index (χ3n) is 3.26. The zero-order chi connectivity index (χ0) is 14.0. The molecule has 106 valence electrons. The second-order valence-corrected chi connectivity index (χ2v) is 7.66. The summed E-state index contributed by atoms with van der Waals surface area (Å²) in [4.78, 5) is 12.0. The monoisotopic (exact) mass is 302 g/mol. The Morgan fingerprint density at radius 1 is 1.58 bits per heavy atom. The summed E-state index contributed by atoms with van der Waals surface area (Å²) < 4.78 is 22.3. The molecule has 0 aromatic carbocycles. The molecule has 0 spiro atoms. The van der Waals surface area contributed by atoms with Crippen molar-refractivity contribution in [2.75, 3.05) is 0 Å². The van der Waals surface area contributed by atoms with Gasteiger partial charge in [0, 0.05) is 11.4 Å². The molecule has 5 nitrogen and oxygen atoms in total. The molecule has 1 atom stereocenters. The molecule has 2 rings (SSSR count). The molecule has 0 radical (unpaired) electrons. The summed E-state index contributed by atoms with van der Waals surface area (Å²) in [6.07, 6.45) is 4.39. The third-order valence-corrected chi connectivity index (χ3v) is 5.65. The van der Waals surface area contributed by atoms with Gasteiger partial charge in [-0.15, -0.1) is 11.3 Å². The predicted molar refractivity (Wildman–Crippen MR) is 74.6 cm³/mol. The topological polar surface area (TPSA) is 89.3 Å². The fourth-order valence-electron chi connectivity index (χ4n) is 1.94. The van der Waals surface area contributed by atoms with E-state index in [4.69, 9.17) is 5.14 Å². The van der Waals surface area contributed by atoms with Crippen LogP contribution in [0.3, 0.4) is 0 Å². The number of sulfonamides is 1. The van der Waals surface area contributed by atoms with Crippen LogP contribution in [0.4, 0.5) is 0 Å². The molecule has 1 unspecified atom stereocenters. The predicted octanol–water partition coefficient (Wildman–Crippen LogP) is 1.70. The Morgan fingerprint density at radius 2 is 2.26 bits per heavy atom. The van der Waals surface area contributed by atoms with E-state index >= 15 is 0 Å². The van der Waals surface area contributed by atoms with Gasteiger partial charge in [0.2, 0.25) is 10.0 Å². The summed E-state index contributed by atoms with van der Waals surface area (Å²) >= 11 is 0.972. The first kappa shape index (κ1) is 14.5. The van der Waals surface area contributed by atoms with Crippen LogP contribution < -0.4 is 10.5 Å². The molecule has 19 heavy (non-hydrogen) atoms. The van der Waals surface area contributed by atoms with Gasteiger partial charge < -0.3 is 5.32 Å². The molecule has 1 fully saturated rings. The number of hydrogen-bond donors (Lipinski definition) is 2. The van der Waals surface area contributed by atoms with E-state index in [9.17, 15) is 13.2 Å². The Labute approximate surface area is 117 Å². The molecule has 0 saturated heterocycles. The van der Waals surface area contributed by atoms with E-state index in [1.165, 1.54) is 24.3 Å². The highest BCUT2D eigenvalue weighted by Crippen LogP contribution is 2.34. The zero-order valence-electron chi connectivity index (χ0n) is 10.8. The van der Waals surface area contributed by atoms with E-state index in [2.05, 4.69) is 5.32 Å². The maximum atomic E-state index is 12.0. The summed E-state index contributed by atoms with van der Waals surface area (Å²) in [7, 11) is -3.72. The van der Waals surface area contributed by atoms with Crippen LogP contribution in [0, 0.1) is 5.92 Å². The van der Waals surface area contributed by atoms with Crippen molar-refractivity contribution in [3.05, 3.63) is 17.0 Å². The number of hydrogen-bond acceptors (Lipinski definition) is 4. The van der Waals surface area contributed by atoms with Crippen molar-refractivity contribution in [1.29, 1.82) is 0 Å². The molecular formula is C12H18N2O3S2. The van der Waals surface area contributed by atoms with Crippen molar-refractivity contribution < 1.29 is 13.2 Å². The summed E-state index contributed by atoms with van der Waals surface area (Å²) in [6.45, 7) is 2.04. The van der Waals surface area contributed by atoms with E-state index in [-0.39, 0.29) is 16.2 Å². The van der Waals surface area contributed by atoms with Gasteiger partial charge in [0.1, 0.15) is 4.21 Å². The highest BCUT2D eigenvalue weighted by atomic mass is 32.2. The Hall–Kier alpha value is -0.920. The molecule has 0 bridgehead atoms. The van der Waals surface area contributed by atoms with Crippen molar-refractivity contribution in [2.24, 2.45) is 11.1 Å². The first-order valence-electron chi connectivity index (χ1n) is 6.32. The Morgan fingerprint density at radius 3 is 2.74 bits per heavy atom. The molecule has 1 aliphatic carbocycles. The Balaban J connectivity index is 2.00. The average Bonchev–Trinajstić information content (AvgIpc) is 2.98. The highest BCUT2D eigenvalue weighted by Gasteiger charge is 2.26. The fourth-order valence-corrected chi connectivity index (χ4v) is 3.52. The van der Waals surface area contributed by atoms with Gasteiger partial charge in [-0.2, -0.15) is 0 Å². The van der Waals surface area contributed by atoms with E-state index in [1.54, 1.807) is 0 Å². The molecule has 7 heteroatoms. The largest absolute Gasteiger partial charge is 0.349 e. The molecule has 1 saturated carbocycles. The molecule has 1 aliphatic rings. The van der Waals surface area contributed by atoms with Gasteiger partial charge in [0.05, 0.1) is 5.56 Å². The second-order valence-electron chi connectivity index (χ2n) is 4.96. The van der Waals surface area contributed by atoms with Crippen LogP contribution in [-0.4, -0.2) is 20.4 Å². The summed E-state index contributed by atoms with van der Waals surface area (Å²) in [5, 5.41) is 9.50. The molecule has 0 aliphatic heterocycles. The molecule has 1 heterocycles. The van der Waals surface area contributed by atoms with Crippen molar-refractivity contribution in [1.82, 2.24) is 5.32 Å². The second kappa shape index (κ2) is 5.60. The lowest BCUT2D eigenvalue weighted by atomic mass is 10.1. The molecule has 1 amide bonds.